The average Bonchev–Trinajstić information content (AvgIpc) is 2.94. The van der Waals surface area contributed by atoms with E-state index in [0.717, 1.165) is 34.6 Å². The maximum Gasteiger partial charge on any atom is 0.407 e. The topological polar surface area (TPSA) is 103 Å². The summed E-state index contributed by atoms with van der Waals surface area (Å²) in [6.45, 7) is 2.82. The monoisotopic (exact) mass is 520 g/mol. The number of hydrogen-bond acceptors (Lipinski definition) is 6. The van der Waals surface area contributed by atoms with E-state index in [4.69, 9.17) is 24.7 Å². The Morgan fingerprint density at radius 1 is 1.03 bits per heavy atom. The maximum absolute atomic E-state index is 11.6. The molecule has 1 saturated heterocycles. The van der Waals surface area contributed by atoms with Crippen molar-refractivity contribution in [2.24, 2.45) is 0 Å². The number of piperidine rings is 1. The molecule has 8 nitrogen and oxygen atoms in total. The van der Waals surface area contributed by atoms with Crippen LogP contribution in [0.15, 0.2) is 72.8 Å². The molecule has 2 atom stereocenters. The van der Waals surface area contributed by atoms with Gasteiger partial charge in [-0.3, -0.25) is 0 Å². The number of methoxy groups -OCH3 is 1. The standard InChI is InChI=1S/C30H36N2O6/c1-35-28-9-3-2-7-24(28)21-36-16-5-17-37-26-12-10-23(11-13-26)27-14-15-32(30(33)34)19-29(27)38-20-22-6-4-8-25(31)18-22/h2-4,6-13,18,27,29H,5,14-17,19-21,31H2,1H3,(H,33,34). The molecule has 0 radical (unpaired) electrons. The van der Waals surface area contributed by atoms with Crippen molar-refractivity contribution < 1.29 is 28.8 Å². The molecule has 202 valence electrons. The van der Waals surface area contributed by atoms with Crippen LogP contribution in [0.2, 0.25) is 0 Å². The number of benzene rings is 3. The number of likely N-dealkylation sites (tertiary alicyclic amines) is 1. The van der Waals surface area contributed by atoms with Crippen molar-refractivity contribution in [3.63, 3.8) is 0 Å². The lowest BCUT2D eigenvalue weighted by atomic mass is 9.87. The molecule has 1 heterocycles. The van der Waals surface area contributed by atoms with E-state index in [0.29, 0.717) is 51.6 Å². The summed E-state index contributed by atoms with van der Waals surface area (Å²) in [7, 11) is 1.66. The van der Waals surface area contributed by atoms with E-state index >= 15 is 0 Å². The zero-order chi connectivity index (χ0) is 26.7. The first-order chi connectivity index (χ1) is 18.5. The number of hydrogen-bond donors (Lipinski definition) is 2. The summed E-state index contributed by atoms with van der Waals surface area (Å²) >= 11 is 0. The molecule has 4 rings (SSSR count). The van der Waals surface area contributed by atoms with Gasteiger partial charge in [-0.1, -0.05) is 42.5 Å². The van der Waals surface area contributed by atoms with Crippen LogP contribution in [0.1, 0.15) is 35.4 Å². The Hall–Kier alpha value is -3.75. The fourth-order valence-electron chi connectivity index (χ4n) is 4.69. The highest BCUT2D eigenvalue weighted by molar-refractivity contribution is 5.65. The molecule has 1 amide bonds. The van der Waals surface area contributed by atoms with Crippen molar-refractivity contribution in [3.05, 3.63) is 89.5 Å². The molecule has 1 aliphatic heterocycles. The lowest BCUT2D eigenvalue weighted by Gasteiger charge is -2.37. The Morgan fingerprint density at radius 3 is 2.61 bits per heavy atom. The number of anilines is 1. The summed E-state index contributed by atoms with van der Waals surface area (Å²) in [6, 6.07) is 23.4. The first-order valence-electron chi connectivity index (χ1n) is 12.9. The number of para-hydroxylation sites is 1. The second-order valence-corrected chi connectivity index (χ2v) is 9.35. The zero-order valence-corrected chi connectivity index (χ0v) is 21.8. The third-order valence-electron chi connectivity index (χ3n) is 6.70. The average molecular weight is 521 g/mol. The van der Waals surface area contributed by atoms with Crippen LogP contribution in [0, 0.1) is 0 Å². The van der Waals surface area contributed by atoms with Crippen LogP contribution in [-0.2, 0) is 22.7 Å². The van der Waals surface area contributed by atoms with E-state index in [1.165, 1.54) is 4.90 Å². The lowest BCUT2D eigenvalue weighted by molar-refractivity contribution is -0.0199. The van der Waals surface area contributed by atoms with Crippen LogP contribution in [0.25, 0.3) is 0 Å². The third kappa shape index (κ3) is 7.63. The molecule has 2 unspecified atom stereocenters. The molecule has 0 aromatic heterocycles. The number of ether oxygens (including phenoxy) is 4. The minimum absolute atomic E-state index is 0.0871. The third-order valence-corrected chi connectivity index (χ3v) is 6.70. The number of amides is 1. The van der Waals surface area contributed by atoms with Crippen LogP contribution < -0.4 is 15.2 Å². The molecule has 1 aliphatic rings. The fourth-order valence-corrected chi connectivity index (χ4v) is 4.69. The van der Waals surface area contributed by atoms with Gasteiger partial charge < -0.3 is 34.7 Å². The van der Waals surface area contributed by atoms with Gasteiger partial charge in [-0.2, -0.15) is 0 Å². The summed E-state index contributed by atoms with van der Waals surface area (Å²) in [5.41, 5.74) is 9.67. The Kier molecular flexibility index (Phi) is 9.84. The van der Waals surface area contributed by atoms with Crippen molar-refractivity contribution in [3.8, 4) is 11.5 Å². The highest BCUT2D eigenvalue weighted by Gasteiger charge is 2.33. The number of nitrogens with zero attached hydrogens (tertiary/aromatic N) is 1. The molecular weight excluding hydrogens is 484 g/mol. The van der Waals surface area contributed by atoms with Gasteiger partial charge in [0, 0.05) is 30.1 Å². The van der Waals surface area contributed by atoms with E-state index < -0.39 is 6.09 Å². The predicted molar refractivity (Wildman–Crippen MR) is 146 cm³/mol. The number of rotatable bonds is 12. The normalized spacial score (nSPS) is 17.2. The van der Waals surface area contributed by atoms with Gasteiger partial charge >= 0.3 is 6.09 Å². The molecule has 0 bridgehead atoms. The molecule has 0 aliphatic carbocycles. The van der Waals surface area contributed by atoms with Gasteiger partial charge in [-0.05, 0) is 47.9 Å². The van der Waals surface area contributed by atoms with Gasteiger partial charge in [0.25, 0.3) is 0 Å². The minimum Gasteiger partial charge on any atom is -0.496 e. The van der Waals surface area contributed by atoms with Crippen LogP contribution in [0.4, 0.5) is 10.5 Å². The summed E-state index contributed by atoms with van der Waals surface area (Å²) in [5, 5.41) is 9.51. The van der Waals surface area contributed by atoms with Crippen molar-refractivity contribution in [1.29, 1.82) is 0 Å². The van der Waals surface area contributed by atoms with Crippen LogP contribution >= 0.6 is 0 Å². The van der Waals surface area contributed by atoms with Crippen molar-refractivity contribution in [1.82, 2.24) is 4.90 Å². The molecule has 38 heavy (non-hydrogen) atoms. The molecule has 0 spiro atoms. The van der Waals surface area contributed by atoms with Gasteiger partial charge in [0.2, 0.25) is 0 Å². The van der Waals surface area contributed by atoms with Crippen molar-refractivity contribution in [2.75, 3.05) is 39.1 Å². The first kappa shape index (κ1) is 27.3. The van der Waals surface area contributed by atoms with Gasteiger partial charge in [0.15, 0.2) is 0 Å². The summed E-state index contributed by atoms with van der Waals surface area (Å²) in [4.78, 5) is 13.0. The summed E-state index contributed by atoms with van der Waals surface area (Å²) in [6.07, 6.45) is 0.285. The van der Waals surface area contributed by atoms with Crippen LogP contribution in [0.5, 0.6) is 11.5 Å². The Balaban J connectivity index is 1.26. The Morgan fingerprint density at radius 2 is 1.84 bits per heavy atom. The summed E-state index contributed by atoms with van der Waals surface area (Å²) in [5.74, 6) is 1.71. The predicted octanol–water partition coefficient (Wildman–Crippen LogP) is 5.32. The Bertz CT molecular complexity index is 1170. The van der Waals surface area contributed by atoms with E-state index in [1.807, 2.05) is 72.8 Å². The highest BCUT2D eigenvalue weighted by Crippen LogP contribution is 2.32. The van der Waals surface area contributed by atoms with E-state index in [-0.39, 0.29) is 12.0 Å². The molecule has 0 saturated carbocycles. The van der Waals surface area contributed by atoms with E-state index in [2.05, 4.69) is 0 Å². The molecule has 3 aromatic carbocycles. The molecule has 1 fully saturated rings. The van der Waals surface area contributed by atoms with Crippen LogP contribution in [0.3, 0.4) is 0 Å². The molecule has 3 aromatic rings. The summed E-state index contributed by atoms with van der Waals surface area (Å²) < 4.78 is 23.3. The molecule has 3 N–H and O–H groups in total. The SMILES string of the molecule is COc1ccccc1COCCCOc1ccc(C2CCN(C(=O)O)CC2OCc2cccc(N)c2)cc1. The van der Waals surface area contributed by atoms with Gasteiger partial charge in [-0.25, -0.2) is 4.79 Å². The largest absolute Gasteiger partial charge is 0.496 e. The zero-order valence-electron chi connectivity index (χ0n) is 21.8. The highest BCUT2D eigenvalue weighted by atomic mass is 16.5. The Labute approximate surface area is 223 Å². The molecule has 8 heteroatoms. The second-order valence-electron chi connectivity index (χ2n) is 9.35. The lowest BCUT2D eigenvalue weighted by Crippen LogP contribution is -2.46. The maximum atomic E-state index is 11.6. The number of nitrogen functional groups attached to an aromatic ring is 1. The van der Waals surface area contributed by atoms with Crippen molar-refractivity contribution in [2.45, 2.75) is 38.1 Å². The molecular formula is C30H36N2O6. The van der Waals surface area contributed by atoms with E-state index in [9.17, 15) is 9.90 Å². The quantitative estimate of drug-likeness (QED) is 0.246. The minimum atomic E-state index is -0.920. The van der Waals surface area contributed by atoms with Gasteiger partial charge in [0.1, 0.15) is 11.5 Å². The van der Waals surface area contributed by atoms with Gasteiger partial charge in [0.05, 0.1) is 46.2 Å². The number of carbonyl (C=O) groups is 1. The second kappa shape index (κ2) is 13.7. The van der Waals surface area contributed by atoms with Gasteiger partial charge in [-0.15, -0.1) is 0 Å². The fraction of sp³-hybridized carbons (Fsp3) is 0.367. The first-order valence-corrected chi connectivity index (χ1v) is 12.9. The smallest absolute Gasteiger partial charge is 0.407 e. The van der Waals surface area contributed by atoms with Crippen LogP contribution in [-0.4, -0.2) is 55.6 Å². The number of nitrogens with two attached hydrogens (primary N) is 1. The number of carboxylic acid groups (broad SMARTS) is 1. The van der Waals surface area contributed by atoms with Crippen molar-refractivity contribution >= 4 is 11.8 Å². The van der Waals surface area contributed by atoms with E-state index in [1.54, 1.807) is 7.11 Å².